The molecule has 0 atom stereocenters. The number of thiophene rings is 1. The maximum Gasteiger partial charge on any atom is 0.178 e. The van der Waals surface area contributed by atoms with Crippen molar-refractivity contribution in [1.82, 2.24) is 5.16 Å². The van der Waals surface area contributed by atoms with E-state index in [4.69, 9.17) is 10.3 Å². The van der Waals surface area contributed by atoms with Gasteiger partial charge in [-0.3, -0.25) is 0 Å². The predicted octanol–water partition coefficient (Wildman–Crippen LogP) is 5.46. The highest BCUT2D eigenvalue weighted by Crippen LogP contribution is 2.44. The molecule has 8 heteroatoms. The fourth-order valence-corrected chi connectivity index (χ4v) is 4.75. The highest BCUT2D eigenvalue weighted by atomic mass is 79.9. The fraction of sp³-hybridized carbons (Fsp3) is 0. The molecule has 108 valence electrons. The van der Waals surface area contributed by atoms with Crippen LogP contribution in [0.2, 0.25) is 0 Å². The van der Waals surface area contributed by atoms with E-state index >= 15 is 0 Å². The average molecular weight is 436 g/mol. The summed E-state index contributed by atoms with van der Waals surface area (Å²) in [5.74, 6) is -0.959. The summed E-state index contributed by atoms with van der Waals surface area (Å²) >= 11 is 8.22. The molecule has 3 rings (SSSR count). The van der Waals surface area contributed by atoms with E-state index in [2.05, 4.69) is 37.0 Å². The number of hydrogen-bond donors (Lipinski definition) is 1. The maximum absolute atomic E-state index is 13.4. The molecule has 0 saturated carbocycles. The van der Waals surface area contributed by atoms with Crippen molar-refractivity contribution in [3.8, 4) is 22.5 Å². The molecule has 2 aromatic heterocycles. The van der Waals surface area contributed by atoms with E-state index in [0.29, 0.717) is 16.9 Å². The number of nitrogens with zero attached hydrogens (tertiary/aromatic N) is 1. The predicted molar refractivity (Wildman–Crippen MR) is 85.0 cm³/mol. The monoisotopic (exact) mass is 434 g/mol. The number of rotatable bonds is 2. The SMILES string of the molecule is Nc1noc(-c2cc(Br)sc2Br)c1-c1cc(F)cc(F)c1. The van der Waals surface area contributed by atoms with Crippen LogP contribution in [0.25, 0.3) is 22.5 Å². The largest absolute Gasteiger partial charge is 0.380 e. The fourth-order valence-electron chi connectivity index (χ4n) is 1.96. The van der Waals surface area contributed by atoms with Crippen LogP contribution in [0, 0.1) is 11.6 Å². The van der Waals surface area contributed by atoms with Gasteiger partial charge in [0.15, 0.2) is 11.6 Å². The van der Waals surface area contributed by atoms with E-state index in [-0.39, 0.29) is 11.4 Å². The van der Waals surface area contributed by atoms with Gasteiger partial charge >= 0.3 is 0 Å². The summed E-state index contributed by atoms with van der Waals surface area (Å²) in [7, 11) is 0. The van der Waals surface area contributed by atoms with Gasteiger partial charge in [-0.15, -0.1) is 11.3 Å². The van der Waals surface area contributed by atoms with Gasteiger partial charge in [-0.1, -0.05) is 5.16 Å². The smallest absolute Gasteiger partial charge is 0.178 e. The summed E-state index contributed by atoms with van der Waals surface area (Å²) in [6.07, 6.45) is 0. The number of hydrogen-bond acceptors (Lipinski definition) is 4. The van der Waals surface area contributed by atoms with E-state index in [1.807, 2.05) is 6.07 Å². The van der Waals surface area contributed by atoms with Gasteiger partial charge in [-0.2, -0.15) is 0 Å². The number of aromatic nitrogens is 1. The molecule has 0 radical (unpaired) electrons. The van der Waals surface area contributed by atoms with Crippen LogP contribution in [0.4, 0.5) is 14.6 Å². The Hall–Kier alpha value is -1.25. The lowest BCUT2D eigenvalue weighted by molar-refractivity contribution is 0.436. The zero-order valence-electron chi connectivity index (χ0n) is 10.2. The second-order valence-corrected chi connectivity index (χ2v) is 7.92. The van der Waals surface area contributed by atoms with Gasteiger partial charge in [0.05, 0.1) is 13.1 Å². The van der Waals surface area contributed by atoms with Crippen molar-refractivity contribution >= 4 is 49.0 Å². The van der Waals surface area contributed by atoms with E-state index in [0.717, 1.165) is 13.6 Å². The van der Waals surface area contributed by atoms with Crippen LogP contribution in [0.15, 0.2) is 36.4 Å². The van der Waals surface area contributed by atoms with Crippen LogP contribution in [-0.4, -0.2) is 5.16 Å². The zero-order valence-corrected chi connectivity index (χ0v) is 14.2. The molecule has 0 aliphatic carbocycles. The second kappa shape index (κ2) is 5.51. The van der Waals surface area contributed by atoms with Gasteiger partial charge in [0.1, 0.15) is 11.6 Å². The Morgan fingerprint density at radius 2 is 1.76 bits per heavy atom. The molecule has 0 fully saturated rings. The first-order valence-corrected chi connectivity index (χ1v) is 8.03. The molecule has 0 amide bonds. The summed E-state index contributed by atoms with van der Waals surface area (Å²) in [5.41, 5.74) is 7.13. The molecule has 2 N–H and O–H groups in total. The molecule has 2 heterocycles. The standard InChI is InChI=1S/C13H6Br2F2N2OS/c14-9-4-8(12(15)21-9)11-10(13(18)19-20-11)5-1-6(16)3-7(17)2-5/h1-4H,(H2,18,19). The van der Waals surface area contributed by atoms with Crippen LogP contribution < -0.4 is 5.73 Å². The Balaban J connectivity index is 2.24. The molecule has 0 aliphatic heterocycles. The third-order valence-electron chi connectivity index (χ3n) is 2.77. The van der Waals surface area contributed by atoms with Crippen LogP contribution in [0.3, 0.4) is 0 Å². The minimum atomic E-state index is -0.692. The highest BCUT2D eigenvalue weighted by molar-refractivity contribution is 9.12. The summed E-state index contributed by atoms with van der Waals surface area (Å²) in [6, 6.07) is 4.98. The van der Waals surface area contributed by atoms with Crippen LogP contribution in [0.1, 0.15) is 0 Å². The van der Waals surface area contributed by atoms with Gasteiger partial charge in [0.2, 0.25) is 0 Å². The van der Waals surface area contributed by atoms with E-state index in [1.54, 1.807) is 0 Å². The highest BCUT2D eigenvalue weighted by Gasteiger charge is 2.22. The third kappa shape index (κ3) is 2.75. The molecule has 0 unspecified atom stereocenters. The number of nitrogens with two attached hydrogens (primary N) is 1. The molecular formula is C13H6Br2F2N2OS. The molecule has 0 saturated heterocycles. The maximum atomic E-state index is 13.4. The summed E-state index contributed by atoms with van der Waals surface area (Å²) in [6.45, 7) is 0. The Kier molecular flexibility index (Phi) is 3.85. The first kappa shape index (κ1) is 14.7. The van der Waals surface area contributed by atoms with Gasteiger partial charge in [-0.05, 0) is 55.6 Å². The van der Waals surface area contributed by atoms with Crippen LogP contribution in [0.5, 0.6) is 0 Å². The topological polar surface area (TPSA) is 52.0 Å². The van der Waals surface area contributed by atoms with Gasteiger partial charge in [0, 0.05) is 11.6 Å². The molecule has 0 aliphatic rings. The lowest BCUT2D eigenvalue weighted by atomic mass is 10.0. The Morgan fingerprint density at radius 3 is 2.33 bits per heavy atom. The lowest BCUT2D eigenvalue weighted by Crippen LogP contribution is -1.90. The zero-order chi connectivity index (χ0) is 15.1. The number of anilines is 1. The van der Waals surface area contributed by atoms with E-state index < -0.39 is 11.6 Å². The molecular weight excluding hydrogens is 430 g/mol. The van der Waals surface area contributed by atoms with Crippen molar-refractivity contribution in [2.75, 3.05) is 5.73 Å². The van der Waals surface area contributed by atoms with Gasteiger partial charge in [0.25, 0.3) is 0 Å². The average Bonchev–Trinajstić information content (AvgIpc) is 2.90. The minimum Gasteiger partial charge on any atom is -0.380 e. The van der Waals surface area contributed by atoms with Crippen molar-refractivity contribution in [3.05, 3.63) is 43.5 Å². The lowest BCUT2D eigenvalue weighted by Gasteiger charge is -2.03. The number of benzene rings is 1. The molecule has 0 spiro atoms. The molecule has 21 heavy (non-hydrogen) atoms. The first-order valence-electron chi connectivity index (χ1n) is 5.62. The first-order chi connectivity index (χ1) is 9.95. The molecule has 0 bridgehead atoms. The normalized spacial score (nSPS) is 11.0. The van der Waals surface area contributed by atoms with Crippen molar-refractivity contribution in [1.29, 1.82) is 0 Å². The van der Waals surface area contributed by atoms with Gasteiger partial charge in [-0.25, -0.2) is 8.78 Å². The minimum absolute atomic E-state index is 0.0734. The number of halogens is 4. The van der Waals surface area contributed by atoms with Crippen molar-refractivity contribution in [2.24, 2.45) is 0 Å². The van der Waals surface area contributed by atoms with Crippen molar-refractivity contribution in [3.63, 3.8) is 0 Å². The Morgan fingerprint density at radius 1 is 1.10 bits per heavy atom. The summed E-state index contributed by atoms with van der Waals surface area (Å²) < 4.78 is 33.8. The summed E-state index contributed by atoms with van der Waals surface area (Å²) in [4.78, 5) is 0. The summed E-state index contributed by atoms with van der Waals surface area (Å²) in [5, 5.41) is 3.71. The Bertz CT molecular complexity index is 811. The van der Waals surface area contributed by atoms with Crippen molar-refractivity contribution < 1.29 is 13.3 Å². The molecule has 1 aromatic carbocycles. The van der Waals surface area contributed by atoms with Gasteiger partial charge < -0.3 is 10.3 Å². The quantitative estimate of drug-likeness (QED) is 0.581. The van der Waals surface area contributed by atoms with Crippen molar-refractivity contribution in [2.45, 2.75) is 0 Å². The number of nitrogen functional groups attached to an aromatic ring is 1. The van der Waals surface area contributed by atoms with E-state index in [1.165, 1.54) is 23.5 Å². The molecule has 3 aromatic rings. The third-order valence-corrected chi connectivity index (χ3v) is 5.11. The van der Waals surface area contributed by atoms with Crippen LogP contribution in [-0.2, 0) is 0 Å². The van der Waals surface area contributed by atoms with E-state index in [9.17, 15) is 8.78 Å². The second-order valence-electron chi connectivity index (χ2n) is 4.17. The Labute approximate surface area is 139 Å². The van der Waals surface area contributed by atoms with Crippen LogP contribution >= 0.6 is 43.2 Å². The molecule has 3 nitrogen and oxygen atoms in total.